The molecule has 6 nitrogen and oxygen atoms in total. The highest BCUT2D eigenvalue weighted by atomic mass is 32.2. The van der Waals surface area contributed by atoms with Crippen LogP contribution in [-0.2, 0) is 11.3 Å². The van der Waals surface area contributed by atoms with Gasteiger partial charge in [0.15, 0.2) is 5.16 Å². The highest BCUT2D eigenvalue weighted by molar-refractivity contribution is 7.99. The van der Waals surface area contributed by atoms with Crippen molar-refractivity contribution in [3.05, 3.63) is 51.6 Å². The van der Waals surface area contributed by atoms with Crippen molar-refractivity contribution >= 4 is 39.2 Å². The summed E-state index contributed by atoms with van der Waals surface area (Å²) in [5, 5.41) is 2.42. The molecular weight excluding hydrogens is 406 g/mol. The normalized spacial score (nSPS) is 11.0. The lowest BCUT2D eigenvalue weighted by Gasteiger charge is -2.17. The molecule has 0 spiro atoms. The number of benzene rings is 1. The molecule has 0 bridgehead atoms. The Morgan fingerprint density at radius 1 is 1.34 bits per heavy atom. The van der Waals surface area contributed by atoms with Gasteiger partial charge in [0.2, 0.25) is 5.91 Å². The van der Waals surface area contributed by atoms with Crippen LogP contribution in [0, 0.1) is 0 Å². The van der Waals surface area contributed by atoms with Crippen LogP contribution in [0.5, 0.6) is 5.75 Å². The van der Waals surface area contributed by atoms with Gasteiger partial charge in [0.1, 0.15) is 10.4 Å². The fourth-order valence-electron chi connectivity index (χ4n) is 2.88. The molecule has 1 aromatic carbocycles. The molecule has 2 heterocycles. The second-order valence-electron chi connectivity index (χ2n) is 6.73. The molecule has 3 rings (SSSR count). The Morgan fingerprint density at radius 2 is 2.17 bits per heavy atom. The number of unbranched alkanes of at least 4 members (excludes halogenated alkanes) is 1. The van der Waals surface area contributed by atoms with Gasteiger partial charge in [0.05, 0.1) is 24.9 Å². The Kier molecular flexibility index (Phi) is 7.33. The molecule has 0 N–H and O–H groups in total. The second-order valence-corrected chi connectivity index (χ2v) is 8.59. The zero-order valence-corrected chi connectivity index (χ0v) is 18.5. The molecule has 0 saturated carbocycles. The van der Waals surface area contributed by atoms with Gasteiger partial charge in [-0.2, -0.15) is 0 Å². The monoisotopic (exact) mass is 431 g/mol. The van der Waals surface area contributed by atoms with Crippen LogP contribution in [0.15, 0.2) is 45.7 Å². The largest absolute Gasteiger partial charge is 0.497 e. The molecule has 0 unspecified atom stereocenters. The van der Waals surface area contributed by atoms with Crippen molar-refractivity contribution in [3.8, 4) is 5.75 Å². The highest BCUT2D eigenvalue weighted by Gasteiger charge is 2.16. The smallest absolute Gasteiger partial charge is 0.272 e. The van der Waals surface area contributed by atoms with Gasteiger partial charge in [0.25, 0.3) is 5.56 Å². The Labute approximate surface area is 178 Å². The molecule has 1 amide bonds. The Balaban J connectivity index is 1.88. The predicted octanol–water partition coefficient (Wildman–Crippen LogP) is 3.87. The SMILES string of the molecule is CCCCN(C)C(=O)CSc1nc2ccsc2c(=O)n1Cc1cccc(OC)c1. The first-order valence-corrected chi connectivity index (χ1v) is 11.4. The van der Waals surface area contributed by atoms with Crippen LogP contribution in [0.2, 0.25) is 0 Å². The average Bonchev–Trinajstić information content (AvgIpc) is 3.21. The number of hydrogen-bond acceptors (Lipinski definition) is 6. The van der Waals surface area contributed by atoms with Crippen LogP contribution in [0.3, 0.4) is 0 Å². The summed E-state index contributed by atoms with van der Waals surface area (Å²) in [5.74, 6) is 1.03. The van der Waals surface area contributed by atoms with Gasteiger partial charge in [-0.3, -0.25) is 14.2 Å². The van der Waals surface area contributed by atoms with Crippen molar-refractivity contribution in [2.75, 3.05) is 26.5 Å². The van der Waals surface area contributed by atoms with Crippen molar-refractivity contribution in [2.45, 2.75) is 31.5 Å². The number of thioether (sulfide) groups is 1. The minimum absolute atomic E-state index is 0.0380. The van der Waals surface area contributed by atoms with Gasteiger partial charge in [0, 0.05) is 13.6 Å². The maximum Gasteiger partial charge on any atom is 0.272 e. The number of hydrogen-bond donors (Lipinski definition) is 0. The topological polar surface area (TPSA) is 64.4 Å². The van der Waals surface area contributed by atoms with E-state index in [0.717, 1.165) is 30.7 Å². The number of carbonyl (C=O) groups is 1. The maximum atomic E-state index is 13.1. The first kappa shape index (κ1) is 21.4. The highest BCUT2D eigenvalue weighted by Crippen LogP contribution is 2.23. The Bertz CT molecular complexity index is 1050. The first-order chi connectivity index (χ1) is 14.0. The van der Waals surface area contributed by atoms with E-state index < -0.39 is 0 Å². The van der Waals surface area contributed by atoms with Crippen molar-refractivity contribution < 1.29 is 9.53 Å². The van der Waals surface area contributed by atoms with Gasteiger partial charge in [-0.25, -0.2) is 4.98 Å². The van der Waals surface area contributed by atoms with Crippen molar-refractivity contribution in [1.82, 2.24) is 14.5 Å². The third-order valence-corrected chi connectivity index (χ3v) is 6.46. The van der Waals surface area contributed by atoms with Gasteiger partial charge in [-0.05, 0) is 35.6 Å². The lowest BCUT2D eigenvalue weighted by Crippen LogP contribution is -2.30. The number of methoxy groups -OCH3 is 1. The lowest BCUT2D eigenvalue weighted by atomic mass is 10.2. The van der Waals surface area contributed by atoms with Crippen LogP contribution in [0.4, 0.5) is 0 Å². The zero-order chi connectivity index (χ0) is 20.8. The fourth-order valence-corrected chi connectivity index (χ4v) is 4.60. The second kappa shape index (κ2) is 9.93. The summed E-state index contributed by atoms with van der Waals surface area (Å²) in [6.07, 6.45) is 2.02. The molecule has 0 fully saturated rings. The molecule has 8 heteroatoms. The number of ether oxygens (including phenoxy) is 1. The number of fused-ring (bicyclic) bond motifs is 1. The molecule has 2 aromatic heterocycles. The summed E-state index contributed by atoms with van der Waals surface area (Å²) < 4.78 is 7.57. The van der Waals surface area contributed by atoms with E-state index in [2.05, 4.69) is 11.9 Å². The van der Waals surface area contributed by atoms with Crippen molar-refractivity contribution in [3.63, 3.8) is 0 Å². The molecule has 3 aromatic rings. The standard InChI is InChI=1S/C21H25N3O3S2/c1-4-5-10-23(2)18(25)14-29-21-22-17-9-11-28-19(17)20(26)24(21)13-15-7-6-8-16(12-15)27-3/h6-9,11-12H,4-5,10,13-14H2,1-3H3. The number of nitrogens with zero attached hydrogens (tertiary/aromatic N) is 3. The predicted molar refractivity (Wildman–Crippen MR) is 119 cm³/mol. The molecule has 0 radical (unpaired) electrons. The number of carbonyl (C=O) groups excluding carboxylic acids is 1. The lowest BCUT2D eigenvalue weighted by molar-refractivity contribution is -0.127. The van der Waals surface area contributed by atoms with Gasteiger partial charge in [-0.1, -0.05) is 37.2 Å². The summed E-state index contributed by atoms with van der Waals surface area (Å²) in [6, 6.07) is 9.47. The number of rotatable bonds is 9. The summed E-state index contributed by atoms with van der Waals surface area (Å²) in [5.41, 5.74) is 1.54. The Morgan fingerprint density at radius 3 is 2.93 bits per heavy atom. The number of amides is 1. The maximum absolute atomic E-state index is 13.1. The summed E-state index contributed by atoms with van der Waals surface area (Å²) in [7, 11) is 3.43. The fraction of sp³-hybridized carbons (Fsp3) is 0.381. The van der Waals surface area contributed by atoms with Crippen LogP contribution in [-0.4, -0.2) is 46.8 Å². The van der Waals surface area contributed by atoms with Gasteiger partial charge in [-0.15, -0.1) is 11.3 Å². The van der Waals surface area contributed by atoms with Crippen LogP contribution in [0.1, 0.15) is 25.3 Å². The third kappa shape index (κ3) is 5.19. The number of thiophene rings is 1. The molecule has 154 valence electrons. The molecule has 0 aliphatic heterocycles. The van der Waals surface area contributed by atoms with E-state index >= 15 is 0 Å². The third-order valence-electron chi connectivity index (χ3n) is 4.60. The van der Waals surface area contributed by atoms with E-state index in [9.17, 15) is 9.59 Å². The minimum Gasteiger partial charge on any atom is -0.497 e. The van der Waals surface area contributed by atoms with E-state index in [1.165, 1.54) is 23.1 Å². The minimum atomic E-state index is -0.0814. The van der Waals surface area contributed by atoms with E-state index in [0.29, 0.717) is 21.9 Å². The molecular formula is C21H25N3O3S2. The van der Waals surface area contributed by atoms with E-state index in [-0.39, 0.29) is 17.2 Å². The molecule has 0 aliphatic rings. The van der Waals surface area contributed by atoms with Crippen LogP contribution < -0.4 is 10.3 Å². The summed E-state index contributed by atoms with van der Waals surface area (Å²) in [6.45, 7) is 3.22. The van der Waals surface area contributed by atoms with Gasteiger partial charge >= 0.3 is 0 Å². The Hall–Kier alpha value is -2.32. The van der Waals surface area contributed by atoms with Crippen LogP contribution >= 0.6 is 23.1 Å². The van der Waals surface area contributed by atoms with Gasteiger partial charge < -0.3 is 9.64 Å². The van der Waals surface area contributed by atoms with E-state index in [1.54, 1.807) is 16.6 Å². The molecule has 29 heavy (non-hydrogen) atoms. The first-order valence-electron chi connectivity index (χ1n) is 9.51. The quantitative estimate of drug-likeness (QED) is 0.380. The summed E-state index contributed by atoms with van der Waals surface area (Å²) in [4.78, 5) is 31.9. The molecule has 0 aliphatic carbocycles. The summed E-state index contributed by atoms with van der Waals surface area (Å²) >= 11 is 2.70. The van der Waals surface area contributed by atoms with E-state index in [4.69, 9.17) is 4.74 Å². The molecule has 0 saturated heterocycles. The van der Waals surface area contributed by atoms with Crippen molar-refractivity contribution in [1.29, 1.82) is 0 Å². The van der Waals surface area contributed by atoms with E-state index in [1.807, 2.05) is 42.8 Å². The molecule has 0 atom stereocenters. The van der Waals surface area contributed by atoms with Crippen molar-refractivity contribution in [2.24, 2.45) is 0 Å². The zero-order valence-electron chi connectivity index (χ0n) is 16.9. The van der Waals surface area contributed by atoms with Crippen LogP contribution in [0.25, 0.3) is 10.2 Å². The number of aromatic nitrogens is 2. The average molecular weight is 432 g/mol.